The maximum absolute atomic E-state index is 13.0. The van der Waals surface area contributed by atoms with Crippen LogP contribution in [0.1, 0.15) is 31.5 Å². The molecule has 3 aromatic rings. The Morgan fingerprint density at radius 3 is 2.53 bits per heavy atom. The fourth-order valence-electron chi connectivity index (χ4n) is 3.77. The van der Waals surface area contributed by atoms with Crippen molar-refractivity contribution < 1.29 is 9.90 Å². The maximum Gasteiger partial charge on any atom is 0.252 e. The third-order valence-corrected chi connectivity index (χ3v) is 5.45. The number of hydrogen-bond donors (Lipinski definition) is 2. The SMILES string of the molecule is [C-]#[N+]/C(=C\c1c(-c2ccc(C)cc2)c2c(N)ncnc2n1CCCO)C(=O)N(CC)CC. The Hall–Kier alpha value is -3.70. The second kappa shape index (κ2) is 10.1. The van der Waals surface area contributed by atoms with E-state index in [1.807, 2.05) is 49.6 Å². The first-order valence-electron chi connectivity index (χ1n) is 10.7. The highest BCUT2D eigenvalue weighted by molar-refractivity contribution is 6.07. The zero-order valence-corrected chi connectivity index (χ0v) is 18.7. The van der Waals surface area contributed by atoms with Crippen molar-refractivity contribution in [1.82, 2.24) is 19.4 Å². The van der Waals surface area contributed by atoms with Crippen molar-refractivity contribution in [2.75, 3.05) is 25.4 Å². The third-order valence-electron chi connectivity index (χ3n) is 5.45. The van der Waals surface area contributed by atoms with Crippen LogP contribution in [0.2, 0.25) is 0 Å². The molecule has 8 heteroatoms. The van der Waals surface area contributed by atoms with Gasteiger partial charge in [-0.15, -0.1) is 0 Å². The molecule has 0 aliphatic carbocycles. The van der Waals surface area contributed by atoms with Crippen LogP contribution in [0.25, 0.3) is 33.1 Å². The number of nitrogen functional groups attached to an aromatic ring is 1. The van der Waals surface area contributed by atoms with E-state index in [4.69, 9.17) is 12.3 Å². The van der Waals surface area contributed by atoms with Crippen LogP contribution in [0.4, 0.5) is 5.82 Å². The highest BCUT2D eigenvalue weighted by Gasteiger charge is 2.23. The van der Waals surface area contributed by atoms with Gasteiger partial charge in [0.15, 0.2) is 0 Å². The minimum Gasteiger partial charge on any atom is -0.396 e. The van der Waals surface area contributed by atoms with Crippen molar-refractivity contribution >= 4 is 28.8 Å². The summed E-state index contributed by atoms with van der Waals surface area (Å²) in [6.07, 6.45) is 3.50. The summed E-state index contributed by atoms with van der Waals surface area (Å²) in [6.45, 7) is 14.9. The summed E-state index contributed by atoms with van der Waals surface area (Å²) in [7, 11) is 0. The van der Waals surface area contributed by atoms with E-state index in [0.29, 0.717) is 48.6 Å². The van der Waals surface area contributed by atoms with Crippen LogP contribution in [0, 0.1) is 13.5 Å². The highest BCUT2D eigenvalue weighted by Crippen LogP contribution is 2.38. The summed E-state index contributed by atoms with van der Waals surface area (Å²) < 4.78 is 1.90. The number of carbonyl (C=O) groups is 1. The molecule has 3 N–H and O–H groups in total. The lowest BCUT2D eigenvalue weighted by atomic mass is 10.0. The molecule has 1 amide bonds. The Balaban J connectivity index is 2.37. The van der Waals surface area contributed by atoms with Gasteiger partial charge >= 0.3 is 0 Å². The number of nitrogens with two attached hydrogens (primary N) is 1. The number of benzene rings is 1. The molecule has 2 heterocycles. The fraction of sp³-hybridized carbons (Fsp3) is 0.333. The number of amides is 1. The monoisotopic (exact) mass is 432 g/mol. The van der Waals surface area contributed by atoms with Crippen LogP contribution in [-0.4, -0.2) is 50.1 Å². The van der Waals surface area contributed by atoms with Crippen LogP contribution in [0.3, 0.4) is 0 Å². The molecule has 0 saturated carbocycles. The van der Waals surface area contributed by atoms with Gasteiger partial charge < -0.3 is 20.3 Å². The molecule has 0 radical (unpaired) electrons. The molecule has 3 rings (SSSR count). The van der Waals surface area contributed by atoms with Crippen molar-refractivity contribution in [3.8, 4) is 11.1 Å². The van der Waals surface area contributed by atoms with Gasteiger partial charge in [0.2, 0.25) is 0 Å². The van der Waals surface area contributed by atoms with Crippen molar-refractivity contribution in [2.45, 2.75) is 33.7 Å². The van der Waals surface area contributed by atoms with E-state index >= 15 is 0 Å². The zero-order valence-electron chi connectivity index (χ0n) is 18.7. The Bertz CT molecular complexity index is 1180. The van der Waals surface area contributed by atoms with Crippen LogP contribution in [0.5, 0.6) is 0 Å². The minimum absolute atomic E-state index is 0.00267. The predicted octanol–water partition coefficient (Wildman–Crippen LogP) is 3.50. The number of carbonyl (C=O) groups excluding carboxylic acids is 1. The summed E-state index contributed by atoms with van der Waals surface area (Å²) in [5, 5.41) is 10.1. The lowest BCUT2D eigenvalue weighted by Gasteiger charge is -2.18. The first-order valence-corrected chi connectivity index (χ1v) is 10.7. The van der Waals surface area contributed by atoms with E-state index in [-0.39, 0.29) is 18.2 Å². The predicted molar refractivity (Wildman–Crippen MR) is 126 cm³/mol. The second-order valence-corrected chi connectivity index (χ2v) is 7.43. The molecule has 0 atom stereocenters. The molecule has 0 aliphatic heterocycles. The van der Waals surface area contributed by atoms with Gasteiger partial charge in [0, 0.05) is 37.5 Å². The Morgan fingerprint density at radius 1 is 1.25 bits per heavy atom. The molecule has 0 aliphatic rings. The minimum atomic E-state index is -0.321. The van der Waals surface area contributed by atoms with E-state index in [0.717, 1.165) is 16.7 Å². The number of nitrogens with zero attached hydrogens (tertiary/aromatic N) is 5. The largest absolute Gasteiger partial charge is 0.396 e. The van der Waals surface area contributed by atoms with E-state index < -0.39 is 0 Å². The fourth-order valence-corrected chi connectivity index (χ4v) is 3.77. The van der Waals surface area contributed by atoms with Crippen LogP contribution in [-0.2, 0) is 11.3 Å². The number of aliphatic hydroxyl groups is 1. The average molecular weight is 433 g/mol. The first kappa shape index (κ1) is 23.0. The molecule has 8 nitrogen and oxygen atoms in total. The quantitative estimate of drug-likeness (QED) is 0.419. The lowest BCUT2D eigenvalue weighted by Crippen LogP contribution is -2.31. The smallest absolute Gasteiger partial charge is 0.252 e. The van der Waals surface area contributed by atoms with Gasteiger partial charge in [-0.25, -0.2) is 14.8 Å². The molecule has 32 heavy (non-hydrogen) atoms. The van der Waals surface area contributed by atoms with E-state index in [1.165, 1.54) is 6.33 Å². The van der Waals surface area contributed by atoms with Crippen molar-refractivity contribution in [1.29, 1.82) is 0 Å². The summed E-state index contributed by atoms with van der Waals surface area (Å²) >= 11 is 0. The molecular weight excluding hydrogens is 404 g/mol. The van der Waals surface area contributed by atoms with Gasteiger partial charge in [-0.05, 0) is 38.8 Å². The molecule has 0 unspecified atom stereocenters. The number of fused-ring (bicyclic) bond motifs is 1. The topological polar surface area (TPSA) is 102 Å². The molecule has 1 aromatic carbocycles. The summed E-state index contributed by atoms with van der Waals surface area (Å²) in [4.78, 5) is 26.8. The standard InChI is InChI=1S/C24H28N6O2/c1-5-29(6-2)24(32)18(26-4)14-19-20(17-10-8-16(3)9-11-17)21-22(25)27-15-28-23(21)30(19)12-7-13-31/h8-11,14-15,31H,5-7,12-13H2,1-3H3,(H2,25,27,28)/b18-14-. The van der Waals surface area contributed by atoms with Crippen LogP contribution >= 0.6 is 0 Å². The number of aryl methyl sites for hydroxylation is 2. The number of aromatic nitrogens is 3. The van der Waals surface area contributed by atoms with Gasteiger partial charge in [0.05, 0.1) is 12.0 Å². The van der Waals surface area contributed by atoms with E-state index in [9.17, 15) is 9.90 Å². The molecule has 2 aromatic heterocycles. The Labute approximate surface area is 187 Å². The molecule has 166 valence electrons. The summed E-state index contributed by atoms with van der Waals surface area (Å²) in [5.74, 6) is 0.000261. The van der Waals surface area contributed by atoms with Gasteiger partial charge in [-0.2, -0.15) is 0 Å². The molecule has 0 fully saturated rings. The molecular formula is C24H28N6O2. The summed E-state index contributed by atoms with van der Waals surface area (Å²) in [5.41, 5.74) is 10.3. The highest BCUT2D eigenvalue weighted by atomic mass is 16.3. The maximum atomic E-state index is 13.0. The van der Waals surface area contributed by atoms with Crippen molar-refractivity contribution in [2.24, 2.45) is 0 Å². The van der Waals surface area contributed by atoms with Crippen molar-refractivity contribution in [3.63, 3.8) is 0 Å². The molecule has 0 spiro atoms. The van der Waals surface area contributed by atoms with Gasteiger partial charge in [-0.3, -0.25) is 4.79 Å². The first-order chi connectivity index (χ1) is 15.5. The average Bonchev–Trinajstić information content (AvgIpc) is 3.11. The number of rotatable bonds is 8. The normalized spacial score (nSPS) is 11.5. The number of anilines is 1. The third kappa shape index (κ3) is 4.34. The van der Waals surface area contributed by atoms with Gasteiger partial charge in [0.25, 0.3) is 11.6 Å². The second-order valence-electron chi connectivity index (χ2n) is 7.43. The Morgan fingerprint density at radius 2 is 1.94 bits per heavy atom. The molecule has 0 bridgehead atoms. The lowest BCUT2D eigenvalue weighted by molar-refractivity contribution is -0.126. The van der Waals surface area contributed by atoms with Crippen LogP contribution in [0.15, 0.2) is 36.3 Å². The van der Waals surface area contributed by atoms with Crippen molar-refractivity contribution in [3.05, 3.63) is 59.0 Å². The molecule has 0 saturated heterocycles. The number of hydrogen-bond acceptors (Lipinski definition) is 5. The van der Waals surface area contributed by atoms with Crippen LogP contribution < -0.4 is 5.73 Å². The van der Waals surface area contributed by atoms with E-state index in [1.54, 1.807) is 11.0 Å². The summed E-state index contributed by atoms with van der Waals surface area (Å²) in [6, 6.07) is 7.95. The van der Waals surface area contributed by atoms with E-state index in [2.05, 4.69) is 14.8 Å². The number of likely N-dealkylation sites (N-methyl/N-ethyl adjacent to an activating group) is 1. The van der Waals surface area contributed by atoms with Gasteiger partial charge in [0.1, 0.15) is 17.8 Å². The Kier molecular flexibility index (Phi) is 7.23. The van der Waals surface area contributed by atoms with Gasteiger partial charge in [-0.1, -0.05) is 29.8 Å². The number of aliphatic hydroxyl groups excluding tert-OH is 1. The zero-order chi connectivity index (χ0) is 23.3.